The van der Waals surface area contributed by atoms with E-state index >= 15 is 0 Å². The van der Waals surface area contributed by atoms with Crippen molar-refractivity contribution in [1.29, 1.82) is 0 Å². The number of aryl methyl sites for hydroxylation is 1. The molecule has 12 bridgehead atoms. The van der Waals surface area contributed by atoms with E-state index in [9.17, 15) is 40.5 Å². The normalized spacial score (nSPS) is 36.8. The number of ether oxygens (including phenoxy) is 5. The summed E-state index contributed by atoms with van der Waals surface area (Å²) in [5, 5.41) is 92.7. The van der Waals surface area contributed by atoms with E-state index in [0.717, 1.165) is 97.5 Å². The molecule has 20 heteroatoms. The number of aliphatic hydroxyl groups is 5. The lowest BCUT2D eigenvalue weighted by Crippen LogP contribution is -2.64. The smallest absolute Gasteiger partial charge is 0.224 e. The van der Waals surface area contributed by atoms with Crippen molar-refractivity contribution in [2.24, 2.45) is 52.3 Å². The molecule has 2 spiro atoms. The number of aromatic hydroxyl groups is 2. The molecular formula is C68H91N3O13S4. The predicted octanol–water partition coefficient (Wildman–Crippen LogP) is 10.2. The van der Waals surface area contributed by atoms with Crippen molar-refractivity contribution < 1.29 is 64.2 Å². The van der Waals surface area contributed by atoms with Gasteiger partial charge in [-0.15, -0.1) is 5.92 Å². The molecule has 9 N–H and O–H groups in total. The number of aliphatic hydroxyl groups excluding tert-OH is 5. The average Bonchev–Trinajstić information content (AvgIpc) is 0.734. The second kappa shape index (κ2) is 28.3. The molecule has 18 atom stereocenters. The molecule has 3 aromatic carbocycles. The number of aromatic nitrogens is 1. The van der Waals surface area contributed by atoms with Crippen LogP contribution in [0.2, 0.25) is 0 Å². The molecule has 11 aliphatic rings. The molecule has 6 fully saturated rings. The number of hydrogen-bond acceptors (Lipinski definition) is 18. The van der Waals surface area contributed by atoms with E-state index in [1.165, 1.54) is 35.8 Å². The number of phenols is 2. The first kappa shape index (κ1) is 64.4. The van der Waals surface area contributed by atoms with E-state index in [4.69, 9.17) is 23.7 Å². The zero-order valence-electron chi connectivity index (χ0n) is 51.1. The second-order valence-corrected chi connectivity index (χ2v) is 32.0. The zero-order chi connectivity index (χ0) is 61.3. The van der Waals surface area contributed by atoms with Crippen molar-refractivity contribution in [2.75, 3.05) is 51.4 Å². The van der Waals surface area contributed by atoms with E-state index in [1.54, 1.807) is 22.9 Å². The van der Waals surface area contributed by atoms with E-state index in [0.29, 0.717) is 67.6 Å². The van der Waals surface area contributed by atoms with E-state index in [2.05, 4.69) is 29.4 Å². The Kier molecular flexibility index (Phi) is 20.7. The molecule has 3 saturated heterocycles. The van der Waals surface area contributed by atoms with Gasteiger partial charge in [-0.05, 0) is 177 Å². The summed E-state index contributed by atoms with van der Waals surface area (Å²) in [6.07, 6.45) is 11.0. The zero-order valence-corrected chi connectivity index (χ0v) is 54.3. The van der Waals surface area contributed by atoms with Gasteiger partial charge < -0.3 is 74.6 Å². The molecule has 8 aliphatic heterocycles. The number of methoxy groups -OCH3 is 2. The summed E-state index contributed by atoms with van der Waals surface area (Å²) in [5.41, 5.74) is 2.55. The van der Waals surface area contributed by atoms with Crippen molar-refractivity contribution in [2.45, 2.75) is 177 Å². The Morgan fingerprint density at radius 3 is 2.47 bits per heavy atom. The average molecular weight is 1290 g/mol. The highest BCUT2D eigenvalue weighted by molar-refractivity contribution is 8.77. The summed E-state index contributed by atoms with van der Waals surface area (Å²) >= 11 is 0. The van der Waals surface area contributed by atoms with Gasteiger partial charge in [0.05, 0.1) is 56.8 Å². The monoisotopic (exact) mass is 1290 g/mol. The molecule has 4 aromatic rings. The van der Waals surface area contributed by atoms with Crippen molar-refractivity contribution >= 4 is 59.9 Å². The van der Waals surface area contributed by atoms with Crippen LogP contribution in [0.15, 0.2) is 54.9 Å². The fourth-order valence-electron chi connectivity index (χ4n) is 17.8. The van der Waals surface area contributed by atoms with Crippen molar-refractivity contribution in [3.63, 3.8) is 0 Å². The van der Waals surface area contributed by atoms with Gasteiger partial charge in [0.15, 0.2) is 23.0 Å². The minimum absolute atomic E-state index is 0.00694. The Bertz CT molecular complexity index is 3120. The van der Waals surface area contributed by atoms with Gasteiger partial charge in [0.2, 0.25) is 11.7 Å². The van der Waals surface area contributed by atoms with Crippen LogP contribution in [0.5, 0.6) is 28.7 Å². The number of fused-ring (bicyclic) bond motifs is 4. The van der Waals surface area contributed by atoms with Gasteiger partial charge in [0, 0.05) is 89.2 Å². The number of phenolic OH excluding ortho intramolecular Hbond substituents is 2. The lowest BCUT2D eigenvalue weighted by atomic mass is 9.38. The first-order valence-corrected chi connectivity index (χ1v) is 37.2. The molecule has 1 amide bonds. The van der Waals surface area contributed by atoms with Crippen LogP contribution in [0.3, 0.4) is 0 Å². The third-order valence-electron chi connectivity index (χ3n) is 21.9. The third-order valence-corrected chi connectivity index (χ3v) is 27.1. The van der Waals surface area contributed by atoms with E-state index in [-0.39, 0.29) is 113 Å². The number of benzene rings is 3. The van der Waals surface area contributed by atoms with Gasteiger partial charge >= 0.3 is 0 Å². The lowest BCUT2D eigenvalue weighted by Gasteiger charge is -2.66. The Morgan fingerprint density at radius 2 is 1.65 bits per heavy atom. The largest absolute Gasteiger partial charge is 0.504 e. The van der Waals surface area contributed by atoms with Crippen LogP contribution in [-0.4, -0.2) is 140 Å². The Hall–Kier alpha value is -3.69. The molecule has 15 rings (SSSR count). The van der Waals surface area contributed by atoms with Crippen LogP contribution in [0, 0.1) is 64.1 Å². The Labute approximate surface area is 534 Å². The molecule has 480 valence electrons. The highest BCUT2D eigenvalue weighted by atomic mass is 33.1. The minimum atomic E-state index is -1.08. The number of carbonyl (C=O) groups is 1. The van der Waals surface area contributed by atoms with Gasteiger partial charge in [0.1, 0.15) is 13.5 Å². The van der Waals surface area contributed by atoms with Crippen LogP contribution in [0.1, 0.15) is 137 Å². The van der Waals surface area contributed by atoms with Gasteiger partial charge in [-0.3, -0.25) is 4.79 Å². The van der Waals surface area contributed by atoms with E-state index in [1.807, 2.05) is 58.1 Å². The number of nitrogens with one attached hydrogen (secondary N) is 2. The summed E-state index contributed by atoms with van der Waals surface area (Å²) in [6, 6.07) is 13.1. The van der Waals surface area contributed by atoms with Gasteiger partial charge in [-0.2, -0.15) is 0 Å². The van der Waals surface area contributed by atoms with Gasteiger partial charge in [-0.25, -0.2) is 0 Å². The summed E-state index contributed by atoms with van der Waals surface area (Å²) in [4.78, 5) is 14.1. The molecule has 18 unspecified atom stereocenters. The van der Waals surface area contributed by atoms with E-state index < -0.39 is 48.5 Å². The Balaban J connectivity index is 0.946. The molecule has 1 aromatic heterocycles. The summed E-state index contributed by atoms with van der Waals surface area (Å²) in [7, 11) is 9.52. The molecular weight excluding hydrogens is 1200 g/mol. The first-order chi connectivity index (χ1) is 42.7. The highest BCUT2D eigenvalue weighted by Gasteiger charge is 2.66. The maximum Gasteiger partial charge on any atom is 0.224 e. The summed E-state index contributed by atoms with van der Waals surface area (Å²) in [6.45, 7) is 3.38. The maximum absolute atomic E-state index is 14.1. The van der Waals surface area contributed by atoms with Crippen LogP contribution >= 0.6 is 43.2 Å². The van der Waals surface area contributed by atoms with Gasteiger partial charge in [0.25, 0.3) is 0 Å². The number of nitrogens with zero attached hydrogens (tertiary/aromatic N) is 1. The maximum atomic E-state index is 14.1. The van der Waals surface area contributed by atoms with Crippen molar-refractivity contribution in [1.82, 2.24) is 15.2 Å². The number of carbonyl (C=O) groups excluding carboxylic acids is 1. The SMILES string of the molecule is COc1cc(CC2C(O)CSSC3CC(O)c4cccc5cn(cc45)COCCCC4NC(=O)C5CSSCC6NCCC#CC78CC(C)CCC7C(CCC87CC(CCC67)Oc6cc(c3cc6O)CCC(OCO)CC2O)CC(O)C45)cc(OC)c1O. The van der Waals surface area contributed by atoms with Crippen LogP contribution < -0.4 is 24.8 Å². The molecule has 3 aliphatic carbocycles. The highest BCUT2D eigenvalue weighted by Crippen LogP contribution is 2.70. The topological polar surface area (TPSA) is 234 Å². The molecule has 16 nitrogen and oxygen atoms in total. The number of amides is 1. The fourth-order valence-corrected chi connectivity index (χ4v) is 23.4. The Morgan fingerprint density at radius 1 is 0.830 bits per heavy atom. The summed E-state index contributed by atoms with van der Waals surface area (Å²) < 4.78 is 32.8. The van der Waals surface area contributed by atoms with Crippen LogP contribution in [0.25, 0.3) is 10.8 Å². The predicted molar refractivity (Wildman–Crippen MR) is 347 cm³/mol. The standard InChI is InChI=1S/C68H91N3O13S4/c1-39-11-15-51-42-17-19-68-31-45-14-16-52(68)54(69-20-5-4-18-67(51,68)30-39)35-86-85-34-50-64(58(76)25-42)53(70-66(50)79)10-7-21-82-37-71-32-43-8-6-9-46(49(43)33-71)56(74)29-63-47-28-57(75)60(84-45)26-41(47)12-13-44(83-38-72)27-55(73)48(59(77)36-87-88-63)22-40-23-61(80-2)65(78)62(24-40)81-3/h6,8-9,23-24,26,28,32-33,39,42,44-45,48,50-56,58-59,63-64,69,72-78H,5,7,10-17,19-22,25,27,29-31,34-38H2,1-3H3,(H,70,79). The third kappa shape index (κ3) is 13.2. The van der Waals surface area contributed by atoms with Crippen LogP contribution in [-0.2, 0) is 33.8 Å². The lowest BCUT2D eigenvalue weighted by molar-refractivity contribution is -0.167. The number of hydrogen-bond donors (Lipinski definition) is 9. The molecule has 0 radical (unpaired) electrons. The van der Waals surface area contributed by atoms with Crippen molar-refractivity contribution in [3.8, 4) is 40.6 Å². The molecule has 9 heterocycles. The fraction of sp³-hybridized carbons (Fsp3) is 0.662. The second-order valence-electron chi connectivity index (χ2n) is 26.8. The molecule has 3 saturated carbocycles. The summed E-state index contributed by atoms with van der Waals surface area (Å²) in [5.74, 6) is 10.4. The van der Waals surface area contributed by atoms with Crippen LogP contribution in [0.4, 0.5) is 0 Å². The number of rotatable bonds is 6. The molecule has 88 heavy (non-hydrogen) atoms. The van der Waals surface area contributed by atoms with Gasteiger partial charge in [-0.1, -0.05) is 80.6 Å². The first-order valence-electron chi connectivity index (χ1n) is 32.3. The quantitative estimate of drug-likeness (QED) is 0.0496. The minimum Gasteiger partial charge on any atom is -0.504 e. The van der Waals surface area contributed by atoms with Crippen molar-refractivity contribution in [3.05, 3.63) is 77.1 Å².